The van der Waals surface area contributed by atoms with Gasteiger partial charge in [0.25, 0.3) is 0 Å². The van der Waals surface area contributed by atoms with Crippen LogP contribution in [-0.2, 0) is 4.79 Å². The van der Waals surface area contributed by atoms with Gasteiger partial charge >= 0.3 is 0 Å². The molecule has 74 valence electrons. The van der Waals surface area contributed by atoms with Crippen molar-refractivity contribution in [3.05, 3.63) is 12.2 Å². The standard InChI is InChI=1S/C10H18N2O/c1-3-4-7-12-8-5-6-11-10(13)9(12)2/h3-4,9H,5-8H2,1-2H3,(H,11,13)/b4-3+. The number of rotatable bonds is 2. The minimum absolute atomic E-state index is 0.0127. The Morgan fingerprint density at radius 1 is 1.69 bits per heavy atom. The Labute approximate surface area is 79.8 Å². The van der Waals surface area contributed by atoms with Crippen LogP contribution < -0.4 is 5.32 Å². The first-order valence-corrected chi connectivity index (χ1v) is 4.88. The Balaban J connectivity index is 2.53. The van der Waals surface area contributed by atoms with Crippen LogP contribution in [0.2, 0.25) is 0 Å². The highest BCUT2D eigenvalue weighted by Crippen LogP contribution is 2.04. The fourth-order valence-corrected chi connectivity index (χ4v) is 1.49. The number of hydrogen-bond acceptors (Lipinski definition) is 2. The van der Waals surface area contributed by atoms with Crippen LogP contribution in [0.4, 0.5) is 0 Å². The second-order valence-electron chi connectivity index (χ2n) is 3.38. The molecule has 0 spiro atoms. The number of allylic oxidation sites excluding steroid dienone is 1. The van der Waals surface area contributed by atoms with Gasteiger partial charge in [-0.2, -0.15) is 0 Å². The lowest BCUT2D eigenvalue weighted by molar-refractivity contribution is -0.124. The molecule has 0 radical (unpaired) electrons. The Kier molecular flexibility index (Phi) is 3.96. The van der Waals surface area contributed by atoms with Gasteiger partial charge < -0.3 is 5.32 Å². The molecule has 1 aliphatic heterocycles. The SMILES string of the molecule is C/C=C/CN1CCCNC(=O)C1C. The van der Waals surface area contributed by atoms with Crippen LogP contribution in [0.5, 0.6) is 0 Å². The van der Waals surface area contributed by atoms with Gasteiger partial charge in [0.05, 0.1) is 6.04 Å². The summed E-state index contributed by atoms with van der Waals surface area (Å²) in [5.74, 6) is 0.155. The predicted molar refractivity (Wildman–Crippen MR) is 53.5 cm³/mol. The third-order valence-corrected chi connectivity index (χ3v) is 2.42. The van der Waals surface area contributed by atoms with Crippen molar-refractivity contribution < 1.29 is 4.79 Å². The highest BCUT2D eigenvalue weighted by Gasteiger charge is 2.22. The number of carbonyl (C=O) groups excluding carboxylic acids is 1. The van der Waals surface area contributed by atoms with Crippen LogP contribution in [0.15, 0.2) is 12.2 Å². The summed E-state index contributed by atoms with van der Waals surface area (Å²) in [6.45, 7) is 6.66. The number of nitrogens with one attached hydrogen (secondary N) is 1. The van der Waals surface area contributed by atoms with Crippen LogP contribution >= 0.6 is 0 Å². The van der Waals surface area contributed by atoms with Crippen LogP contribution in [0.1, 0.15) is 20.3 Å². The van der Waals surface area contributed by atoms with Gasteiger partial charge in [0.15, 0.2) is 0 Å². The topological polar surface area (TPSA) is 32.3 Å². The Bertz CT molecular complexity index is 201. The van der Waals surface area contributed by atoms with Crippen molar-refractivity contribution in [1.82, 2.24) is 10.2 Å². The lowest BCUT2D eigenvalue weighted by Gasteiger charge is -2.23. The molecule has 1 N–H and O–H groups in total. The van der Waals surface area contributed by atoms with Gasteiger partial charge in [-0.15, -0.1) is 0 Å². The van der Waals surface area contributed by atoms with Crippen molar-refractivity contribution in [1.29, 1.82) is 0 Å². The summed E-state index contributed by atoms with van der Waals surface area (Å²) in [7, 11) is 0. The molecule has 1 unspecified atom stereocenters. The molecule has 1 heterocycles. The zero-order valence-electron chi connectivity index (χ0n) is 8.42. The fourth-order valence-electron chi connectivity index (χ4n) is 1.49. The van der Waals surface area contributed by atoms with E-state index in [0.29, 0.717) is 0 Å². The monoisotopic (exact) mass is 182 g/mol. The van der Waals surface area contributed by atoms with Crippen LogP contribution in [0.3, 0.4) is 0 Å². The zero-order valence-corrected chi connectivity index (χ0v) is 8.42. The van der Waals surface area contributed by atoms with E-state index < -0.39 is 0 Å². The predicted octanol–water partition coefficient (Wildman–Crippen LogP) is 0.773. The number of hydrogen-bond donors (Lipinski definition) is 1. The van der Waals surface area contributed by atoms with Gasteiger partial charge in [0.1, 0.15) is 0 Å². The van der Waals surface area contributed by atoms with Crippen molar-refractivity contribution in [2.24, 2.45) is 0 Å². The summed E-state index contributed by atoms with van der Waals surface area (Å²) in [5.41, 5.74) is 0. The first kappa shape index (κ1) is 10.3. The summed E-state index contributed by atoms with van der Waals surface area (Å²) in [5, 5.41) is 2.90. The highest BCUT2D eigenvalue weighted by atomic mass is 16.2. The van der Waals surface area contributed by atoms with Gasteiger partial charge in [-0.05, 0) is 20.3 Å². The third kappa shape index (κ3) is 2.84. The molecule has 3 heteroatoms. The number of carbonyl (C=O) groups is 1. The molecule has 1 atom stereocenters. The number of amides is 1. The lowest BCUT2D eigenvalue weighted by atomic mass is 10.2. The molecule has 3 nitrogen and oxygen atoms in total. The molecule has 13 heavy (non-hydrogen) atoms. The summed E-state index contributed by atoms with van der Waals surface area (Å²) in [6, 6.07) is 0.0127. The molecule has 1 saturated heterocycles. The Hall–Kier alpha value is -0.830. The van der Waals surface area contributed by atoms with Gasteiger partial charge in [0, 0.05) is 19.6 Å². The molecular formula is C10H18N2O. The van der Waals surface area contributed by atoms with E-state index in [9.17, 15) is 4.79 Å². The molecule has 1 amide bonds. The minimum Gasteiger partial charge on any atom is -0.355 e. The van der Waals surface area contributed by atoms with Crippen LogP contribution in [0.25, 0.3) is 0 Å². The summed E-state index contributed by atoms with van der Waals surface area (Å²) in [4.78, 5) is 13.6. The lowest BCUT2D eigenvalue weighted by Crippen LogP contribution is -2.42. The van der Waals surface area contributed by atoms with Crippen molar-refractivity contribution in [3.63, 3.8) is 0 Å². The molecule has 0 aromatic rings. The van der Waals surface area contributed by atoms with E-state index in [1.807, 2.05) is 19.9 Å². The Morgan fingerprint density at radius 2 is 2.46 bits per heavy atom. The van der Waals surface area contributed by atoms with E-state index in [-0.39, 0.29) is 11.9 Å². The van der Waals surface area contributed by atoms with E-state index >= 15 is 0 Å². The first-order chi connectivity index (χ1) is 6.25. The maximum absolute atomic E-state index is 11.4. The zero-order chi connectivity index (χ0) is 9.68. The smallest absolute Gasteiger partial charge is 0.237 e. The Morgan fingerprint density at radius 3 is 3.15 bits per heavy atom. The van der Waals surface area contributed by atoms with Crippen molar-refractivity contribution in [2.45, 2.75) is 26.3 Å². The van der Waals surface area contributed by atoms with Crippen molar-refractivity contribution >= 4 is 5.91 Å². The van der Waals surface area contributed by atoms with Crippen LogP contribution in [0, 0.1) is 0 Å². The van der Waals surface area contributed by atoms with Gasteiger partial charge in [-0.25, -0.2) is 0 Å². The molecule has 0 bridgehead atoms. The van der Waals surface area contributed by atoms with E-state index in [0.717, 1.165) is 26.1 Å². The van der Waals surface area contributed by atoms with E-state index in [2.05, 4.69) is 16.3 Å². The van der Waals surface area contributed by atoms with Crippen molar-refractivity contribution in [2.75, 3.05) is 19.6 Å². The van der Waals surface area contributed by atoms with Crippen molar-refractivity contribution in [3.8, 4) is 0 Å². The summed E-state index contributed by atoms with van der Waals surface area (Å²) in [6.07, 6.45) is 5.16. The molecule has 0 aromatic heterocycles. The largest absolute Gasteiger partial charge is 0.355 e. The van der Waals surface area contributed by atoms with Gasteiger partial charge in [0.2, 0.25) is 5.91 Å². The molecule has 1 fully saturated rings. The van der Waals surface area contributed by atoms with E-state index in [1.54, 1.807) is 0 Å². The second kappa shape index (κ2) is 5.02. The molecule has 0 aliphatic carbocycles. The maximum atomic E-state index is 11.4. The average Bonchev–Trinajstić information content (AvgIpc) is 2.28. The maximum Gasteiger partial charge on any atom is 0.237 e. The van der Waals surface area contributed by atoms with Gasteiger partial charge in [-0.1, -0.05) is 12.2 Å². The summed E-state index contributed by atoms with van der Waals surface area (Å²) >= 11 is 0. The normalized spacial score (nSPS) is 26.0. The van der Waals surface area contributed by atoms with Crippen LogP contribution in [-0.4, -0.2) is 36.5 Å². The molecular weight excluding hydrogens is 164 g/mol. The van der Waals surface area contributed by atoms with E-state index in [4.69, 9.17) is 0 Å². The average molecular weight is 182 g/mol. The quantitative estimate of drug-likeness (QED) is 0.640. The number of nitrogens with zero attached hydrogens (tertiary/aromatic N) is 1. The van der Waals surface area contributed by atoms with E-state index in [1.165, 1.54) is 0 Å². The molecule has 1 rings (SSSR count). The minimum atomic E-state index is 0.0127. The highest BCUT2D eigenvalue weighted by molar-refractivity contribution is 5.81. The second-order valence-corrected chi connectivity index (χ2v) is 3.38. The summed E-state index contributed by atoms with van der Waals surface area (Å²) < 4.78 is 0. The third-order valence-electron chi connectivity index (χ3n) is 2.42. The molecule has 0 saturated carbocycles. The molecule has 0 aromatic carbocycles. The molecule has 1 aliphatic rings. The fraction of sp³-hybridized carbons (Fsp3) is 0.700. The van der Waals surface area contributed by atoms with Gasteiger partial charge in [-0.3, -0.25) is 9.69 Å². The first-order valence-electron chi connectivity index (χ1n) is 4.88.